The van der Waals surface area contributed by atoms with Gasteiger partial charge in [0.2, 0.25) is 0 Å². The van der Waals surface area contributed by atoms with Crippen molar-refractivity contribution in [2.45, 2.75) is 53.6 Å². The van der Waals surface area contributed by atoms with Crippen LogP contribution in [0.4, 0.5) is 0 Å². The van der Waals surface area contributed by atoms with E-state index in [1.165, 1.54) is 0 Å². The largest absolute Gasteiger partial charge is 0.510 e. The first-order valence-corrected chi connectivity index (χ1v) is 6.90. The van der Waals surface area contributed by atoms with E-state index in [1.807, 2.05) is 20.8 Å². The number of hydrogen-bond donors (Lipinski definition) is 2. The Hall–Kier alpha value is -0.760. The van der Waals surface area contributed by atoms with Crippen LogP contribution in [-0.4, -0.2) is 15.8 Å². The molecule has 2 heteroatoms. The molecule has 1 aliphatic carbocycles. The topological polar surface area (TPSA) is 40.5 Å². The molecule has 0 bridgehead atoms. The van der Waals surface area contributed by atoms with Gasteiger partial charge in [-0.2, -0.15) is 0 Å². The van der Waals surface area contributed by atoms with E-state index in [4.69, 9.17) is 0 Å². The van der Waals surface area contributed by atoms with Crippen molar-refractivity contribution in [3.8, 4) is 0 Å². The van der Waals surface area contributed by atoms with E-state index in [-0.39, 0.29) is 28.9 Å². The molecule has 18 heavy (non-hydrogen) atoms. The minimum atomic E-state index is -1.01. The minimum Gasteiger partial charge on any atom is -0.510 e. The average Bonchev–Trinajstić information content (AvgIpc) is 2.24. The van der Waals surface area contributed by atoms with Crippen LogP contribution in [0.5, 0.6) is 0 Å². The second-order valence-corrected chi connectivity index (χ2v) is 7.00. The van der Waals surface area contributed by atoms with E-state index >= 15 is 0 Å². The van der Waals surface area contributed by atoms with Crippen LogP contribution in [0.25, 0.3) is 0 Å². The fraction of sp³-hybridized carbons (Fsp3) is 0.750. The molecular formula is C16H28O2. The highest BCUT2D eigenvalue weighted by molar-refractivity contribution is 5.20. The van der Waals surface area contributed by atoms with E-state index in [2.05, 4.69) is 32.9 Å². The van der Waals surface area contributed by atoms with Crippen LogP contribution in [0.2, 0.25) is 0 Å². The molecule has 1 rings (SSSR count). The van der Waals surface area contributed by atoms with Gasteiger partial charge >= 0.3 is 0 Å². The molecule has 3 atom stereocenters. The predicted molar refractivity (Wildman–Crippen MR) is 76.4 cm³/mol. The molecule has 0 saturated heterocycles. The van der Waals surface area contributed by atoms with Gasteiger partial charge in [0.25, 0.3) is 0 Å². The maximum absolute atomic E-state index is 10.5. The third kappa shape index (κ3) is 3.17. The summed E-state index contributed by atoms with van der Waals surface area (Å²) in [5.41, 5.74) is -0.866. The van der Waals surface area contributed by atoms with Crippen molar-refractivity contribution in [2.75, 3.05) is 0 Å². The van der Waals surface area contributed by atoms with Crippen LogP contribution >= 0.6 is 0 Å². The zero-order valence-electron chi connectivity index (χ0n) is 12.6. The van der Waals surface area contributed by atoms with Crippen molar-refractivity contribution in [1.29, 1.82) is 0 Å². The van der Waals surface area contributed by atoms with E-state index in [0.717, 1.165) is 6.42 Å². The molecule has 3 unspecified atom stereocenters. The molecule has 0 spiro atoms. The summed E-state index contributed by atoms with van der Waals surface area (Å²) < 4.78 is 0. The molecule has 0 aromatic heterocycles. The molecule has 104 valence electrons. The lowest BCUT2D eigenvalue weighted by Crippen LogP contribution is -2.54. The highest BCUT2D eigenvalue weighted by atomic mass is 16.3. The Balaban J connectivity index is 2.75. The van der Waals surface area contributed by atoms with Crippen LogP contribution < -0.4 is 0 Å². The molecule has 1 saturated carbocycles. The van der Waals surface area contributed by atoms with Gasteiger partial charge < -0.3 is 10.2 Å². The summed E-state index contributed by atoms with van der Waals surface area (Å²) in [7, 11) is 0. The maximum Gasteiger partial charge on any atom is 0.126 e. The summed E-state index contributed by atoms with van der Waals surface area (Å²) in [6, 6.07) is 0. The van der Waals surface area contributed by atoms with Crippen LogP contribution in [-0.2, 0) is 0 Å². The van der Waals surface area contributed by atoms with E-state index in [0.29, 0.717) is 0 Å². The Kier molecular flexibility index (Phi) is 4.32. The Morgan fingerprint density at radius 3 is 2.17 bits per heavy atom. The first kappa shape index (κ1) is 15.3. The van der Waals surface area contributed by atoms with Crippen molar-refractivity contribution >= 4 is 0 Å². The molecule has 2 N–H and O–H groups in total. The van der Waals surface area contributed by atoms with Crippen molar-refractivity contribution in [2.24, 2.45) is 23.2 Å². The second-order valence-electron chi connectivity index (χ2n) is 7.00. The molecular weight excluding hydrogens is 224 g/mol. The average molecular weight is 252 g/mol. The lowest BCUT2D eigenvalue weighted by atomic mass is 9.61. The number of hydrogen-bond acceptors (Lipinski definition) is 2. The van der Waals surface area contributed by atoms with E-state index in [1.54, 1.807) is 6.08 Å². The smallest absolute Gasteiger partial charge is 0.126 e. The summed E-state index contributed by atoms with van der Waals surface area (Å²) in [6.07, 6.45) is 6.96. The van der Waals surface area contributed by atoms with Crippen LogP contribution in [0.1, 0.15) is 48.0 Å². The fourth-order valence-corrected chi connectivity index (χ4v) is 2.60. The van der Waals surface area contributed by atoms with Crippen molar-refractivity contribution in [3.05, 3.63) is 24.0 Å². The minimum absolute atomic E-state index is 0.133. The van der Waals surface area contributed by atoms with Gasteiger partial charge in [0, 0.05) is 0 Å². The number of rotatable bonds is 3. The summed E-state index contributed by atoms with van der Waals surface area (Å²) in [5, 5.41) is 20.6. The first-order chi connectivity index (χ1) is 8.07. The van der Waals surface area contributed by atoms with Crippen LogP contribution in [0, 0.1) is 23.2 Å². The first-order valence-electron chi connectivity index (χ1n) is 6.90. The highest BCUT2D eigenvalue weighted by Crippen LogP contribution is 2.47. The Morgan fingerprint density at radius 1 is 1.28 bits per heavy atom. The third-order valence-corrected chi connectivity index (χ3v) is 3.94. The Morgan fingerprint density at radius 2 is 1.78 bits per heavy atom. The van der Waals surface area contributed by atoms with Gasteiger partial charge in [0.15, 0.2) is 0 Å². The van der Waals surface area contributed by atoms with Gasteiger partial charge in [0.05, 0.1) is 0 Å². The summed E-state index contributed by atoms with van der Waals surface area (Å²) in [6.45, 7) is 12.4. The number of aliphatic hydroxyl groups excluding tert-OH is 1. The quantitative estimate of drug-likeness (QED) is 0.587. The summed E-state index contributed by atoms with van der Waals surface area (Å²) in [5.74, 6) is 0.554. The molecule has 0 radical (unpaired) electrons. The monoisotopic (exact) mass is 252 g/mol. The second kappa shape index (κ2) is 5.08. The van der Waals surface area contributed by atoms with E-state index in [9.17, 15) is 10.2 Å². The standard InChI is InChI=1S/C16H28O2/c1-11(7-8-15(4,5)6)9-14(17)16(18)12(2)10-13(16)3/h7-9,11-13,17-18H,10H2,1-6H3/b8-7-,14-9+. The zero-order chi connectivity index (χ0) is 14.1. The Bertz CT molecular complexity index is 339. The SMILES string of the molecule is CC(/C=C\C(C)(C)C)/C=C(/O)C1(O)C(C)CC1C. The molecule has 1 fully saturated rings. The maximum atomic E-state index is 10.5. The molecule has 0 aliphatic heterocycles. The molecule has 0 aromatic carbocycles. The van der Waals surface area contributed by atoms with Crippen LogP contribution in [0.3, 0.4) is 0 Å². The molecule has 0 amide bonds. The molecule has 0 aromatic rings. The Labute approximate surface area is 111 Å². The predicted octanol–water partition coefficient (Wildman–Crippen LogP) is 4.07. The van der Waals surface area contributed by atoms with E-state index < -0.39 is 5.60 Å². The molecule has 2 nitrogen and oxygen atoms in total. The summed E-state index contributed by atoms with van der Waals surface area (Å²) in [4.78, 5) is 0. The van der Waals surface area contributed by atoms with Gasteiger partial charge in [-0.3, -0.25) is 0 Å². The number of allylic oxidation sites excluding steroid dienone is 3. The van der Waals surface area contributed by atoms with Gasteiger partial charge in [-0.1, -0.05) is 53.7 Å². The van der Waals surface area contributed by atoms with Gasteiger partial charge in [-0.15, -0.1) is 0 Å². The fourth-order valence-electron chi connectivity index (χ4n) is 2.60. The lowest BCUT2D eigenvalue weighted by Gasteiger charge is -2.49. The third-order valence-electron chi connectivity index (χ3n) is 3.94. The van der Waals surface area contributed by atoms with Gasteiger partial charge in [-0.05, 0) is 35.7 Å². The van der Waals surface area contributed by atoms with Gasteiger partial charge in [0.1, 0.15) is 11.4 Å². The van der Waals surface area contributed by atoms with Crippen molar-refractivity contribution < 1.29 is 10.2 Å². The summed E-state index contributed by atoms with van der Waals surface area (Å²) >= 11 is 0. The van der Waals surface area contributed by atoms with Gasteiger partial charge in [-0.25, -0.2) is 0 Å². The normalized spacial score (nSPS) is 35.6. The van der Waals surface area contributed by atoms with Crippen molar-refractivity contribution in [3.63, 3.8) is 0 Å². The number of aliphatic hydroxyl groups is 2. The van der Waals surface area contributed by atoms with Crippen molar-refractivity contribution in [1.82, 2.24) is 0 Å². The highest BCUT2D eigenvalue weighted by Gasteiger charge is 2.52. The van der Waals surface area contributed by atoms with Crippen LogP contribution in [0.15, 0.2) is 24.0 Å². The zero-order valence-corrected chi connectivity index (χ0v) is 12.6. The molecule has 1 aliphatic rings. The lowest BCUT2D eigenvalue weighted by molar-refractivity contribution is -0.130. The molecule has 0 heterocycles.